The maximum atomic E-state index is 12.0. The Morgan fingerprint density at radius 1 is 0.259 bits per heavy atom. The van der Waals surface area contributed by atoms with Crippen LogP contribution in [0.1, 0.15) is 328 Å². The van der Waals surface area contributed by atoms with E-state index in [1.165, 1.54) is 270 Å². The third kappa shape index (κ3) is 51.0. The second kappa shape index (κ2) is 52.0. The minimum absolute atomic E-state index is 0.325. The van der Waals surface area contributed by atoms with Crippen molar-refractivity contribution in [2.75, 3.05) is 0 Å². The SMILES string of the molecule is CCCCCCCC/C=C\CCCCCCCC(=O)OC(=O)CCCCCCCCCCCCCCCCCCCCCCCCCCCCCCCCCCCC. The fraction of sp³-hybridized carbons (Fsp3) is 0.927. The third-order valence-electron chi connectivity index (χ3n) is 12.6. The summed E-state index contributed by atoms with van der Waals surface area (Å²) in [6, 6.07) is 0. The van der Waals surface area contributed by atoms with Gasteiger partial charge in [-0.25, -0.2) is 0 Å². The number of allylic oxidation sites excluding steroid dienone is 2. The van der Waals surface area contributed by atoms with Crippen LogP contribution in [-0.4, -0.2) is 11.9 Å². The van der Waals surface area contributed by atoms with E-state index < -0.39 is 0 Å². The molecule has 0 radical (unpaired) electrons. The highest BCUT2D eigenvalue weighted by atomic mass is 16.6. The molecular formula is C55H106O3. The monoisotopic (exact) mass is 815 g/mol. The Morgan fingerprint density at radius 2 is 0.431 bits per heavy atom. The van der Waals surface area contributed by atoms with E-state index in [1.807, 2.05) is 0 Å². The molecule has 0 fully saturated rings. The number of carbonyl (C=O) groups excluding carboxylic acids is 2. The van der Waals surface area contributed by atoms with Gasteiger partial charge in [0, 0.05) is 12.8 Å². The van der Waals surface area contributed by atoms with Crippen molar-refractivity contribution < 1.29 is 14.3 Å². The molecule has 0 saturated heterocycles. The molecule has 3 heteroatoms. The topological polar surface area (TPSA) is 43.4 Å². The summed E-state index contributed by atoms with van der Waals surface area (Å²) in [5, 5.41) is 0. The molecule has 0 amide bonds. The van der Waals surface area contributed by atoms with Crippen LogP contribution in [0.15, 0.2) is 12.2 Å². The standard InChI is InChI=1S/C55H106O3/c1-3-5-7-9-11-13-15-17-19-20-21-22-23-24-25-26-27-28-29-30-31-32-33-34-35-36-37-39-41-43-45-47-49-51-53-55(57)58-54(56)52-50-48-46-44-42-40-38-18-16-14-12-10-8-6-4-2/h18,38H,3-17,19-37,39-53H2,1-2H3/b38-18-. The second-order valence-corrected chi connectivity index (χ2v) is 18.6. The number of unbranched alkanes of at least 4 members (excludes halogenated alkanes) is 44. The van der Waals surface area contributed by atoms with Gasteiger partial charge < -0.3 is 4.74 Å². The highest BCUT2D eigenvalue weighted by Crippen LogP contribution is 2.18. The first-order valence-corrected chi connectivity index (χ1v) is 27.1. The maximum absolute atomic E-state index is 12.0. The van der Waals surface area contributed by atoms with Gasteiger partial charge >= 0.3 is 11.9 Å². The van der Waals surface area contributed by atoms with Crippen molar-refractivity contribution in [1.29, 1.82) is 0 Å². The molecule has 0 unspecified atom stereocenters. The number of ether oxygens (including phenoxy) is 1. The molecule has 0 aliphatic carbocycles. The highest BCUT2D eigenvalue weighted by molar-refractivity contribution is 5.85. The zero-order chi connectivity index (χ0) is 41.9. The lowest BCUT2D eigenvalue weighted by Crippen LogP contribution is -2.11. The lowest BCUT2D eigenvalue weighted by molar-refractivity contribution is -0.159. The molecule has 0 aromatic heterocycles. The van der Waals surface area contributed by atoms with Crippen molar-refractivity contribution in [3.63, 3.8) is 0 Å². The molecule has 0 aromatic carbocycles. The van der Waals surface area contributed by atoms with Crippen LogP contribution in [-0.2, 0) is 14.3 Å². The van der Waals surface area contributed by atoms with Gasteiger partial charge in [0.15, 0.2) is 0 Å². The van der Waals surface area contributed by atoms with Gasteiger partial charge in [-0.2, -0.15) is 0 Å². The number of carbonyl (C=O) groups is 2. The summed E-state index contributed by atoms with van der Waals surface area (Å²) in [5.41, 5.74) is 0. The summed E-state index contributed by atoms with van der Waals surface area (Å²) in [7, 11) is 0. The third-order valence-corrected chi connectivity index (χ3v) is 12.6. The quantitative estimate of drug-likeness (QED) is 0.0266. The van der Waals surface area contributed by atoms with E-state index in [1.54, 1.807) is 0 Å². The van der Waals surface area contributed by atoms with Crippen molar-refractivity contribution in [2.45, 2.75) is 328 Å². The van der Waals surface area contributed by atoms with Crippen LogP contribution in [0.25, 0.3) is 0 Å². The predicted octanol–water partition coefficient (Wildman–Crippen LogP) is 19.8. The summed E-state index contributed by atoms with van der Waals surface area (Å²) in [4.78, 5) is 24.1. The van der Waals surface area contributed by atoms with Gasteiger partial charge in [-0.3, -0.25) is 9.59 Å². The molecule has 0 bridgehead atoms. The van der Waals surface area contributed by atoms with Crippen LogP contribution >= 0.6 is 0 Å². The number of hydrogen-bond donors (Lipinski definition) is 0. The average molecular weight is 815 g/mol. The smallest absolute Gasteiger partial charge is 0.313 e. The second-order valence-electron chi connectivity index (χ2n) is 18.6. The molecular weight excluding hydrogens is 709 g/mol. The molecule has 58 heavy (non-hydrogen) atoms. The summed E-state index contributed by atoms with van der Waals surface area (Å²) >= 11 is 0. The molecule has 0 atom stereocenters. The van der Waals surface area contributed by atoms with Crippen molar-refractivity contribution in [2.24, 2.45) is 0 Å². The molecule has 0 saturated carbocycles. The van der Waals surface area contributed by atoms with E-state index >= 15 is 0 Å². The molecule has 0 heterocycles. The molecule has 0 aromatic rings. The first-order valence-electron chi connectivity index (χ1n) is 27.1. The molecule has 0 aliphatic heterocycles. The zero-order valence-corrected chi connectivity index (χ0v) is 40.0. The van der Waals surface area contributed by atoms with Gasteiger partial charge in [-0.15, -0.1) is 0 Å². The normalized spacial score (nSPS) is 11.6. The van der Waals surface area contributed by atoms with Gasteiger partial charge in [-0.1, -0.05) is 289 Å². The number of rotatable bonds is 50. The Morgan fingerprint density at radius 3 is 0.638 bits per heavy atom. The van der Waals surface area contributed by atoms with Gasteiger partial charge in [0.2, 0.25) is 0 Å². The largest absolute Gasteiger partial charge is 0.393 e. The minimum atomic E-state index is -0.330. The fourth-order valence-corrected chi connectivity index (χ4v) is 8.57. The first-order chi connectivity index (χ1) is 28.7. The van der Waals surface area contributed by atoms with Gasteiger partial charge in [0.1, 0.15) is 0 Å². The fourth-order valence-electron chi connectivity index (χ4n) is 8.57. The Kier molecular flexibility index (Phi) is 51.0. The lowest BCUT2D eigenvalue weighted by atomic mass is 10.0. The molecule has 344 valence electrons. The van der Waals surface area contributed by atoms with Crippen molar-refractivity contribution in [1.82, 2.24) is 0 Å². The molecule has 0 N–H and O–H groups in total. The summed E-state index contributed by atoms with van der Waals surface area (Å²) in [6.07, 6.45) is 69.3. The summed E-state index contributed by atoms with van der Waals surface area (Å²) < 4.78 is 5.05. The molecule has 0 rings (SSSR count). The predicted molar refractivity (Wildman–Crippen MR) is 258 cm³/mol. The van der Waals surface area contributed by atoms with Crippen LogP contribution < -0.4 is 0 Å². The zero-order valence-electron chi connectivity index (χ0n) is 40.0. The van der Waals surface area contributed by atoms with E-state index in [0.717, 1.165) is 32.1 Å². The van der Waals surface area contributed by atoms with E-state index in [9.17, 15) is 9.59 Å². The van der Waals surface area contributed by atoms with Gasteiger partial charge in [-0.05, 0) is 38.5 Å². The van der Waals surface area contributed by atoms with Crippen LogP contribution in [0.5, 0.6) is 0 Å². The number of esters is 2. The van der Waals surface area contributed by atoms with Crippen molar-refractivity contribution >= 4 is 11.9 Å². The summed E-state index contributed by atoms with van der Waals surface area (Å²) in [6.45, 7) is 4.58. The first kappa shape index (κ1) is 56.9. The Hall–Kier alpha value is -1.12. The van der Waals surface area contributed by atoms with Crippen LogP contribution in [0, 0.1) is 0 Å². The Balaban J connectivity index is 3.22. The molecule has 3 nitrogen and oxygen atoms in total. The van der Waals surface area contributed by atoms with Gasteiger partial charge in [0.05, 0.1) is 0 Å². The van der Waals surface area contributed by atoms with Gasteiger partial charge in [0.25, 0.3) is 0 Å². The van der Waals surface area contributed by atoms with E-state index in [-0.39, 0.29) is 11.9 Å². The van der Waals surface area contributed by atoms with Crippen LogP contribution in [0.3, 0.4) is 0 Å². The maximum Gasteiger partial charge on any atom is 0.313 e. The van der Waals surface area contributed by atoms with Crippen LogP contribution in [0.4, 0.5) is 0 Å². The Labute approximate surface area is 365 Å². The van der Waals surface area contributed by atoms with E-state index in [0.29, 0.717) is 12.8 Å². The number of hydrogen-bond acceptors (Lipinski definition) is 3. The highest BCUT2D eigenvalue weighted by Gasteiger charge is 2.10. The van der Waals surface area contributed by atoms with E-state index in [4.69, 9.17) is 4.74 Å². The van der Waals surface area contributed by atoms with Crippen LogP contribution in [0.2, 0.25) is 0 Å². The van der Waals surface area contributed by atoms with Crippen molar-refractivity contribution in [3.05, 3.63) is 12.2 Å². The van der Waals surface area contributed by atoms with Crippen molar-refractivity contribution in [3.8, 4) is 0 Å². The average Bonchev–Trinajstić information content (AvgIpc) is 3.22. The minimum Gasteiger partial charge on any atom is -0.393 e. The lowest BCUT2D eigenvalue weighted by Gasteiger charge is -2.05. The molecule has 0 aliphatic rings. The Bertz CT molecular complexity index is 818. The molecule has 0 spiro atoms. The summed E-state index contributed by atoms with van der Waals surface area (Å²) in [5.74, 6) is -0.655. The van der Waals surface area contributed by atoms with E-state index in [2.05, 4.69) is 26.0 Å².